The Bertz CT molecular complexity index is 839. The third kappa shape index (κ3) is 5.57. The van der Waals surface area contributed by atoms with E-state index in [-0.39, 0.29) is 25.1 Å². The van der Waals surface area contributed by atoms with E-state index >= 15 is 0 Å². The number of hydrogen-bond donors (Lipinski definition) is 0. The van der Waals surface area contributed by atoms with Crippen LogP contribution in [0, 0.1) is 13.8 Å². The molecule has 3 rings (SSSR count). The lowest BCUT2D eigenvalue weighted by molar-refractivity contribution is -0.136. The minimum Gasteiger partial charge on any atom is -0.482 e. The molecule has 1 atom stereocenters. The predicted octanol–water partition coefficient (Wildman–Crippen LogP) is 3.62. The molecule has 6 nitrogen and oxygen atoms in total. The van der Waals surface area contributed by atoms with Crippen LogP contribution in [0.4, 0.5) is 0 Å². The molecule has 0 bridgehead atoms. The van der Waals surface area contributed by atoms with Gasteiger partial charge in [-0.3, -0.25) is 0 Å². The lowest BCUT2D eigenvalue weighted by Crippen LogP contribution is -2.19. The number of hydrogen-bond acceptors (Lipinski definition) is 6. The fourth-order valence-electron chi connectivity index (χ4n) is 2.82. The van der Waals surface area contributed by atoms with Gasteiger partial charge in [-0.15, -0.1) is 0 Å². The summed E-state index contributed by atoms with van der Waals surface area (Å²) in [5, 5.41) is 0. The average Bonchev–Trinajstić information content (AvgIpc) is 3.21. The van der Waals surface area contributed by atoms with Gasteiger partial charge >= 0.3 is 11.9 Å². The standard InChI is InChI=1S/C22H24O6/c1-15-8-9-18(11-16(15)2)26-14-21(23)28-19-6-3-5-17(12-19)22(24)27-13-20-7-4-10-25-20/h3,5-6,8-9,11-12,20H,4,7,10,13-14H2,1-2H3. The van der Waals surface area contributed by atoms with E-state index in [4.69, 9.17) is 18.9 Å². The van der Waals surface area contributed by atoms with E-state index in [0.29, 0.717) is 17.9 Å². The number of carbonyl (C=O) groups is 2. The van der Waals surface area contributed by atoms with Crippen LogP contribution in [-0.4, -0.2) is 37.9 Å². The average molecular weight is 384 g/mol. The molecule has 1 aliphatic heterocycles. The van der Waals surface area contributed by atoms with E-state index < -0.39 is 11.9 Å². The van der Waals surface area contributed by atoms with Crippen molar-refractivity contribution < 1.29 is 28.5 Å². The molecule has 1 fully saturated rings. The molecule has 1 saturated heterocycles. The van der Waals surface area contributed by atoms with Crippen LogP contribution in [0.2, 0.25) is 0 Å². The van der Waals surface area contributed by atoms with Crippen LogP contribution in [0.1, 0.15) is 34.3 Å². The largest absolute Gasteiger partial charge is 0.482 e. The molecule has 0 aromatic heterocycles. The van der Waals surface area contributed by atoms with Crippen LogP contribution in [0.5, 0.6) is 11.5 Å². The fraction of sp³-hybridized carbons (Fsp3) is 0.364. The molecule has 2 aromatic carbocycles. The SMILES string of the molecule is Cc1ccc(OCC(=O)Oc2cccc(C(=O)OCC3CCCO3)c2)cc1C. The van der Waals surface area contributed by atoms with Crippen molar-refractivity contribution in [1.29, 1.82) is 0 Å². The second-order valence-electron chi connectivity index (χ2n) is 6.77. The zero-order valence-electron chi connectivity index (χ0n) is 16.1. The Morgan fingerprint density at radius 1 is 1.07 bits per heavy atom. The molecule has 0 spiro atoms. The number of esters is 2. The van der Waals surface area contributed by atoms with E-state index in [1.165, 1.54) is 6.07 Å². The van der Waals surface area contributed by atoms with Gasteiger partial charge in [-0.1, -0.05) is 12.1 Å². The molecular weight excluding hydrogens is 360 g/mol. The molecule has 0 saturated carbocycles. The highest BCUT2D eigenvalue weighted by Crippen LogP contribution is 2.18. The van der Waals surface area contributed by atoms with Crippen molar-refractivity contribution in [3.05, 3.63) is 59.2 Å². The summed E-state index contributed by atoms with van der Waals surface area (Å²) in [6, 6.07) is 11.9. The van der Waals surface area contributed by atoms with Gasteiger partial charge in [-0.05, 0) is 68.1 Å². The van der Waals surface area contributed by atoms with Crippen LogP contribution in [0.15, 0.2) is 42.5 Å². The van der Waals surface area contributed by atoms with Gasteiger partial charge in [-0.2, -0.15) is 0 Å². The predicted molar refractivity (Wildman–Crippen MR) is 103 cm³/mol. The summed E-state index contributed by atoms with van der Waals surface area (Å²) in [6.45, 7) is 4.69. The Labute approximate surface area is 164 Å². The summed E-state index contributed by atoms with van der Waals surface area (Å²) in [6.07, 6.45) is 1.84. The summed E-state index contributed by atoms with van der Waals surface area (Å²) in [5.41, 5.74) is 2.55. The monoisotopic (exact) mass is 384 g/mol. The number of aryl methyl sites for hydroxylation is 2. The molecule has 0 N–H and O–H groups in total. The van der Waals surface area contributed by atoms with Gasteiger partial charge in [-0.25, -0.2) is 9.59 Å². The van der Waals surface area contributed by atoms with E-state index in [2.05, 4.69) is 0 Å². The summed E-state index contributed by atoms with van der Waals surface area (Å²) < 4.78 is 21.4. The number of benzene rings is 2. The topological polar surface area (TPSA) is 71.1 Å². The van der Waals surface area contributed by atoms with E-state index in [0.717, 1.165) is 24.0 Å². The highest BCUT2D eigenvalue weighted by Gasteiger charge is 2.18. The minimum atomic E-state index is -0.553. The summed E-state index contributed by atoms with van der Waals surface area (Å²) in [7, 11) is 0. The van der Waals surface area contributed by atoms with Crippen molar-refractivity contribution >= 4 is 11.9 Å². The van der Waals surface area contributed by atoms with Gasteiger partial charge in [0.2, 0.25) is 0 Å². The molecule has 0 aliphatic carbocycles. The van der Waals surface area contributed by atoms with E-state index in [1.807, 2.05) is 26.0 Å². The third-order valence-electron chi connectivity index (χ3n) is 4.56. The second kappa shape index (κ2) is 9.37. The van der Waals surface area contributed by atoms with Crippen molar-refractivity contribution in [3.63, 3.8) is 0 Å². The first-order valence-corrected chi connectivity index (χ1v) is 9.31. The molecule has 1 unspecified atom stereocenters. The molecule has 0 amide bonds. The number of carbonyl (C=O) groups excluding carboxylic acids is 2. The molecule has 2 aromatic rings. The third-order valence-corrected chi connectivity index (χ3v) is 4.56. The zero-order chi connectivity index (χ0) is 19.9. The number of ether oxygens (including phenoxy) is 4. The molecular formula is C22H24O6. The van der Waals surface area contributed by atoms with Gasteiger partial charge in [0, 0.05) is 6.61 Å². The maximum Gasteiger partial charge on any atom is 0.349 e. The maximum absolute atomic E-state index is 12.2. The summed E-state index contributed by atoms with van der Waals surface area (Å²) >= 11 is 0. The van der Waals surface area contributed by atoms with Crippen LogP contribution in [0.3, 0.4) is 0 Å². The van der Waals surface area contributed by atoms with E-state index in [1.54, 1.807) is 24.3 Å². The first-order chi connectivity index (χ1) is 13.5. The Balaban J connectivity index is 1.50. The zero-order valence-corrected chi connectivity index (χ0v) is 16.1. The fourth-order valence-corrected chi connectivity index (χ4v) is 2.82. The van der Waals surface area contributed by atoms with Crippen molar-refractivity contribution in [2.45, 2.75) is 32.8 Å². The molecule has 0 radical (unpaired) electrons. The van der Waals surface area contributed by atoms with Crippen molar-refractivity contribution in [3.8, 4) is 11.5 Å². The molecule has 1 heterocycles. The van der Waals surface area contributed by atoms with Gasteiger partial charge in [0.1, 0.15) is 18.1 Å². The van der Waals surface area contributed by atoms with E-state index in [9.17, 15) is 9.59 Å². The van der Waals surface area contributed by atoms with Gasteiger partial charge < -0.3 is 18.9 Å². The van der Waals surface area contributed by atoms with Crippen LogP contribution >= 0.6 is 0 Å². The number of rotatable bonds is 7. The van der Waals surface area contributed by atoms with Crippen molar-refractivity contribution in [1.82, 2.24) is 0 Å². The van der Waals surface area contributed by atoms with Crippen molar-refractivity contribution in [2.24, 2.45) is 0 Å². The van der Waals surface area contributed by atoms with Crippen LogP contribution in [-0.2, 0) is 14.3 Å². The van der Waals surface area contributed by atoms with Gasteiger partial charge in [0.15, 0.2) is 6.61 Å². The van der Waals surface area contributed by atoms with Crippen LogP contribution in [0.25, 0.3) is 0 Å². The molecule has 28 heavy (non-hydrogen) atoms. The van der Waals surface area contributed by atoms with Crippen LogP contribution < -0.4 is 9.47 Å². The quantitative estimate of drug-likeness (QED) is 0.536. The lowest BCUT2D eigenvalue weighted by atomic mass is 10.1. The highest BCUT2D eigenvalue weighted by atomic mass is 16.6. The summed E-state index contributed by atoms with van der Waals surface area (Å²) in [5.74, 6) is -0.158. The maximum atomic E-state index is 12.2. The van der Waals surface area contributed by atoms with Crippen molar-refractivity contribution in [2.75, 3.05) is 19.8 Å². The summed E-state index contributed by atoms with van der Waals surface area (Å²) in [4.78, 5) is 24.2. The highest BCUT2D eigenvalue weighted by molar-refractivity contribution is 5.90. The second-order valence-corrected chi connectivity index (χ2v) is 6.77. The van der Waals surface area contributed by atoms with Gasteiger partial charge in [0.25, 0.3) is 0 Å². The Morgan fingerprint density at radius 3 is 2.68 bits per heavy atom. The minimum absolute atomic E-state index is 0.0347. The Kier molecular flexibility index (Phi) is 6.66. The smallest absolute Gasteiger partial charge is 0.349 e. The Morgan fingerprint density at radius 2 is 1.93 bits per heavy atom. The molecule has 1 aliphatic rings. The lowest BCUT2D eigenvalue weighted by Gasteiger charge is -2.11. The van der Waals surface area contributed by atoms with Gasteiger partial charge in [0.05, 0.1) is 11.7 Å². The first-order valence-electron chi connectivity index (χ1n) is 9.31. The molecule has 6 heteroatoms. The Hall–Kier alpha value is -2.86. The first kappa shape index (κ1) is 19.9. The normalized spacial score (nSPS) is 15.9. The molecule has 148 valence electrons.